The second-order valence-electron chi connectivity index (χ2n) is 7.81. The number of sulfonamides is 1. The molecule has 2 heterocycles. The maximum atomic E-state index is 13.1. The Bertz CT molecular complexity index is 1170. The molecule has 31 heavy (non-hydrogen) atoms. The van der Waals surface area contributed by atoms with Crippen molar-refractivity contribution in [3.8, 4) is 17.0 Å². The summed E-state index contributed by atoms with van der Waals surface area (Å²) in [6, 6.07) is 13.4. The quantitative estimate of drug-likeness (QED) is 0.561. The molecule has 1 aromatic heterocycles. The number of rotatable bonds is 6. The zero-order valence-corrected chi connectivity index (χ0v) is 19.7. The van der Waals surface area contributed by atoms with Crippen LogP contribution in [0.5, 0.6) is 5.75 Å². The molecule has 0 radical (unpaired) electrons. The first kappa shape index (κ1) is 22.0. The lowest BCUT2D eigenvalue weighted by molar-refractivity contribution is 0.181. The Balaban J connectivity index is 1.39. The van der Waals surface area contributed by atoms with Gasteiger partial charge in [0.1, 0.15) is 10.8 Å². The molecule has 1 aliphatic rings. The number of piperazine rings is 1. The molecule has 0 spiro atoms. The van der Waals surface area contributed by atoms with E-state index < -0.39 is 10.0 Å². The van der Waals surface area contributed by atoms with Crippen molar-refractivity contribution in [2.75, 3.05) is 33.3 Å². The molecule has 1 fully saturated rings. The van der Waals surface area contributed by atoms with Crippen LogP contribution in [-0.4, -0.2) is 55.9 Å². The summed E-state index contributed by atoms with van der Waals surface area (Å²) in [5.41, 5.74) is 3.84. The van der Waals surface area contributed by atoms with Gasteiger partial charge in [0, 0.05) is 37.1 Å². The molecular weight excluding hydrogens is 430 g/mol. The molecule has 164 valence electrons. The predicted octanol–water partition coefficient (Wildman–Crippen LogP) is 3.94. The summed E-state index contributed by atoms with van der Waals surface area (Å²) in [6.45, 7) is 6.93. The van der Waals surface area contributed by atoms with Crippen LogP contribution < -0.4 is 4.74 Å². The topological polar surface area (TPSA) is 62.7 Å². The van der Waals surface area contributed by atoms with Crippen LogP contribution in [0, 0.1) is 13.8 Å². The summed E-state index contributed by atoms with van der Waals surface area (Å²) in [6.07, 6.45) is 0. The fraction of sp³-hybridized carbons (Fsp3) is 0.348. The minimum Gasteiger partial charge on any atom is -0.497 e. The molecule has 6 nitrogen and oxygen atoms in total. The Labute approximate surface area is 188 Å². The van der Waals surface area contributed by atoms with Gasteiger partial charge in [-0.3, -0.25) is 4.90 Å². The fourth-order valence-corrected chi connectivity index (χ4v) is 6.32. The Morgan fingerprint density at radius 3 is 2.55 bits per heavy atom. The molecule has 1 saturated heterocycles. The van der Waals surface area contributed by atoms with Gasteiger partial charge in [0.25, 0.3) is 0 Å². The van der Waals surface area contributed by atoms with Crippen molar-refractivity contribution in [1.82, 2.24) is 14.2 Å². The summed E-state index contributed by atoms with van der Waals surface area (Å²) in [4.78, 5) is 7.45. The van der Waals surface area contributed by atoms with Crippen LogP contribution in [0.25, 0.3) is 11.3 Å². The summed E-state index contributed by atoms with van der Waals surface area (Å²) >= 11 is 1.63. The van der Waals surface area contributed by atoms with Crippen LogP contribution in [0.3, 0.4) is 0 Å². The summed E-state index contributed by atoms with van der Waals surface area (Å²) in [5, 5.41) is 3.09. The number of thiazole rings is 1. The Hall–Kier alpha value is -2.26. The molecule has 0 bridgehead atoms. The fourth-order valence-electron chi connectivity index (χ4n) is 3.85. The van der Waals surface area contributed by atoms with E-state index in [0.717, 1.165) is 39.7 Å². The van der Waals surface area contributed by atoms with E-state index in [1.807, 2.05) is 50.2 Å². The maximum Gasteiger partial charge on any atom is 0.243 e. The first-order chi connectivity index (χ1) is 14.9. The van der Waals surface area contributed by atoms with E-state index in [2.05, 4.69) is 10.3 Å². The van der Waals surface area contributed by atoms with Crippen molar-refractivity contribution in [2.45, 2.75) is 25.3 Å². The van der Waals surface area contributed by atoms with Crippen molar-refractivity contribution in [3.63, 3.8) is 0 Å². The van der Waals surface area contributed by atoms with Crippen LogP contribution in [-0.2, 0) is 16.6 Å². The number of hydrogen-bond donors (Lipinski definition) is 0. The number of benzene rings is 2. The third-order valence-corrected chi connectivity index (χ3v) is 8.45. The standard InChI is InChI=1S/C23H27N3O3S2/c1-17-7-8-22(18(2)13-17)31(27,28)26-11-9-25(10-12-26)15-23-24-21(16-30-23)19-5-4-6-20(14-19)29-3/h4-8,13-14,16H,9-12,15H2,1-3H3. The molecule has 0 amide bonds. The van der Waals surface area contributed by atoms with Gasteiger partial charge in [-0.25, -0.2) is 13.4 Å². The minimum atomic E-state index is -3.46. The Morgan fingerprint density at radius 1 is 1.06 bits per heavy atom. The number of hydrogen-bond acceptors (Lipinski definition) is 6. The SMILES string of the molecule is COc1cccc(-c2csc(CN3CCN(S(=O)(=O)c4ccc(C)cc4C)CC3)n2)c1. The van der Waals surface area contributed by atoms with Gasteiger partial charge in [-0.05, 0) is 37.6 Å². The van der Waals surface area contributed by atoms with E-state index in [0.29, 0.717) is 31.1 Å². The van der Waals surface area contributed by atoms with E-state index in [4.69, 9.17) is 9.72 Å². The lowest BCUT2D eigenvalue weighted by atomic mass is 10.2. The van der Waals surface area contributed by atoms with Crippen LogP contribution in [0.2, 0.25) is 0 Å². The molecule has 0 N–H and O–H groups in total. The third-order valence-electron chi connectivity index (χ3n) is 5.56. The monoisotopic (exact) mass is 457 g/mol. The van der Waals surface area contributed by atoms with Crippen LogP contribution in [0.15, 0.2) is 52.7 Å². The minimum absolute atomic E-state index is 0.411. The zero-order chi connectivity index (χ0) is 22.0. The van der Waals surface area contributed by atoms with Crippen molar-refractivity contribution in [2.24, 2.45) is 0 Å². The third kappa shape index (κ3) is 4.82. The first-order valence-electron chi connectivity index (χ1n) is 10.3. The number of methoxy groups -OCH3 is 1. The molecule has 8 heteroatoms. The highest BCUT2D eigenvalue weighted by Crippen LogP contribution is 2.27. The summed E-state index contributed by atoms with van der Waals surface area (Å²) < 4.78 is 33.1. The van der Waals surface area contributed by atoms with Crippen molar-refractivity contribution >= 4 is 21.4 Å². The number of aromatic nitrogens is 1. The van der Waals surface area contributed by atoms with E-state index in [1.165, 1.54) is 0 Å². The highest BCUT2D eigenvalue weighted by molar-refractivity contribution is 7.89. The van der Waals surface area contributed by atoms with E-state index in [9.17, 15) is 8.42 Å². The normalized spacial score (nSPS) is 15.8. The molecule has 0 unspecified atom stereocenters. The van der Waals surface area contributed by atoms with Crippen LogP contribution in [0.1, 0.15) is 16.1 Å². The number of nitrogens with zero attached hydrogens (tertiary/aromatic N) is 3. The van der Waals surface area contributed by atoms with E-state index in [1.54, 1.807) is 28.8 Å². The second kappa shape index (κ2) is 9.08. The summed E-state index contributed by atoms with van der Waals surface area (Å²) in [7, 11) is -1.80. The van der Waals surface area contributed by atoms with Gasteiger partial charge < -0.3 is 4.74 Å². The van der Waals surface area contributed by atoms with Gasteiger partial charge in [0.15, 0.2) is 0 Å². The zero-order valence-electron chi connectivity index (χ0n) is 18.0. The molecular formula is C23H27N3O3S2. The lowest BCUT2D eigenvalue weighted by Gasteiger charge is -2.33. The van der Waals surface area contributed by atoms with Gasteiger partial charge in [0.05, 0.1) is 24.2 Å². The van der Waals surface area contributed by atoms with Gasteiger partial charge in [-0.2, -0.15) is 4.31 Å². The maximum absolute atomic E-state index is 13.1. The molecule has 1 aliphatic heterocycles. The second-order valence-corrected chi connectivity index (χ2v) is 10.7. The van der Waals surface area contributed by atoms with Gasteiger partial charge in [-0.15, -0.1) is 11.3 Å². The van der Waals surface area contributed by atoms with Crippen LogP contribution >= 0.6 is 11.3 Å². The molecule has 3 aromatic rings. The summed E-state index contributed by atoms with van der Waals surface area (Å²) in [5.74, 6) is 0.813. The predicted molar refractivity (Wildman–Crippen MR) is 124 cm³/mol. The average Bonchev–Trinajstić information content (AvgIpc) is 3.22. The van der Waals surface area contributed by atoms with Crippen LogP contribution in [0.4, 0.5) is 0 Å². The Kier molecular flexibility index (Phi) is 6.43. The molecule has 4 rings (SSSR count). The smallest absolute Gasteiger partial charge is 0.243 e. The van der Waals surface area contributed by atoms with Crippen molar-refractivity contribution in [1.29, 1.82) is 0 Å². The number of ether oxygens (including phenoxy) is 1. The van der Waals surface area contributed by atoms with Gasteiger partial charge in [0.2, 0.25) is 10.0 Å². The number of aryl methyl sites for hydroxylation is 2. The largest absolute Gasteiger partial charge is 0.497 e. The molecule has 2 aromatic carbocycles. The lowest BCUT2D eigenvalue weighted by Crippen LogP contribution is -2.48. The van der Waals surface area contributed by atoms with Crippen molar-refractivity contribution < 1.29 is 13.2 Å². The Morgan fingerprint density at radius 2 is 1.84 bits per heavy atom. The molecule has 0 saturated carbocycles. The van der Waals surface area contributed by atoms with Gasteiger partial charge in [-0.1, -0.05) is 29.8 Å². The highest BCUT2D eigenvalue weighted by Gasteiger charge is 2.29. The van der Waals surface area contributed by atoms with Gasteiger partial charge >= 0.3 is 0 Å². The average molecular weight is 458 g/mol. The molecule has 0 aliphatic carbocycles. The van der Waals surface area contributed by atoms with Crippen molar-refractivity contribution in [3.05, 3.63) is 64.0 Å². The van der Waals surface area contributed by atoms with E-state index in [-0.39, 0.29) is 0 Å². The molecule has 0 atom stereocenters. The first-order valence-corrected chi connectivity index (χ1v) is 12.6. The highest BCUT2D eigenvalue weighted by atomic mass is 32.2. The van der Waals surface area contributed by atoms with E-state index >= 15 is 0 Å².